The summed E-state index contributed by atoms with van der Waals surface area (Å²) in [5.41, 5.74) is 11.1. The lowest BCUT2D eigenvalue weighted by atomic mass is 10.0. The van der Waals surface area contributed by atoms with Crippen molar-refractivity contribution in [1.29, 1.82) is 0 Å². The molecule has 0 radical (unpaired) electrons. The molecule has 51 heavy (non-hydrogen) atoms. The van der Waals surface area contributed by atoms with Crippen LogP contribution >= 0.6 is 0 Å². The van der Waals surface area contributed by atoms with Gasteiger partial charge < -0.3 is 4.57 Å². The van der Waals surface area contributed by atoms with Crippen molar-refractivity contribution in [1.82, 2.24) is 19.5 Å². The van der Waals surface area contributed by atoms with Gasteiger partial charge in [-0.25, -0.2) is 15.0 Å². The van der Waals surface area contributed by atoms with Crippen molar-refractivity contribution >= 4 is 43.4 Å². The van der Waals surface area contributed by atoms with Crippen LogP contribution in [0.2, 0.25) is 0 Å². The minimum atomic E-state index is 0.632. The summed E-state index contributed by atoms with van der Waals surface area (Å²) in [6, 6.07) is 60.3. The van der Waals surface area contributed by atoms with Crippen molar-refractivity contribution in [3.8, 4) is 62.1 Å². The van der Waals surface area contributed by atoms with E-state index >= 15 is 0 Å². The molecule has 2 aromatic heterocycles. The lowest BCUT2D eigenvalue weighted by Gasteiger charge is -2.15. The number of rotatable bonds is 4. The molecular formula is C47H28N4. The Hall–Kier alpha value is -6.91. The Bertz CT molecular complexity index is 3020. The van der Waals surface area contributed by atoms with E-state index in [-0.39, 0.29) is 0 Å². The maximum atomic E-state index is 5.27. The molecule has 1 aliphatic carbocycles. The molecule has 0 amide bonds. The Labute approximate surface area is 294 Å². The van der Waals surface area contributed by atoms with Crippen molar-refractivity contribution in [2.24, 2.45) is 0 Å². The highest BCUT2D eigenvalue weighted by molar-refractivity contribution is 6.16. The molecule has 1 aliphatic rings. The molecule has 0 spiro atoms. The molecule has 236 valence electrons. The first-order chi connectivity index (χ1) is 25.3. The minimum absolute atomic E-state index is 0.632. The van der Waals surface area contributed by atoms with Crippen LogP contribution in [0.1, 0.15) is 0 Å². The van der Waals surface area contributed by atoms with E-state index in [1.165, 1.54) is 54.6 Å². The van der Waals surface area contributed by atoms with Gasteiger partial charge in [0.15, 0.2) is 17.5 Å². The topological polar surface area (TPSA) is 43.6 Å². The fourth-order valence-electron chi connectivity index (χ4n) is 8.05. The van der Waals surface area contributed by atoms with Crippen LogP contribution in [0.25, 0.3) is 105 Å². The zero-order valence-electron chi connectivity index (χ0n) is 27.5. The number of hydrogen-bond donors (Lipinski definition) is 0. The Balaban J connectivity index is 1.15. The predicted octanol–water partition coefficient (Wildman–Crippen LogP) is 11.9. The van der Waals surface area contributed by atoms with Gasteiger partial charge in [-0.15, -0.1) is 0 Å². The molecule has 8 aromatic carbocycles. The Morgan fingerprint density at radius 2 is 0.961 bits per heavy atom. The molecule has 0 fully saturated rings. The normalized spacial score (nSPS) is 11.9. The Morgan fingerprint density at radius 3 is 1.80 bits per heavy atom. The van der Waals surface area contributed by atoms with Crippen LogP contribution < -0.4 is 0 Å². The number of benzene rings is 8. The molecule has 2 heterocycles. The molecule has 0 N–H and O–H groups in total. The summed E-state index contributed by atoms with van der Waals surface area (Å²) in [6.07, 6.45) is 0. The van der Waals surface area contributed by atoms with Gasteiger partial charge in [-0.05, 0) is 80.2 Å². The lowest BCUT2D eigenvalue weighted by Crippen LogP contribution is -2.03. The molecule has 4 heteroatoms. The highest BCUT2D eigenvalue weighted by Crippen LogP contribution is 2.48. The zero-order valence-corrected chi connectivity index (χ0v) is 27.5. The molecule has 0 aliphatic heterocycles. The van der Waals surface area contributed by atoms with Crippen LogP contribution in [0, 0.1) is 0 Å². The first-order valence-electron chi connectivity index (χ1n) is 17.3. The largest absolute Gasteiger partial charge is 0.308 e. The summed E-state index contributed by atoms with van der Waals surface area (Å²) in [4.78, 5) is 15.6. The number of fused-ring (bicyclic) bond motifs is 7. The van der Waals surface area contributed by atoms with Crippen LogP contribution in [0.3, 0.4) is 0 Å². The third kappa shape index (κ3) is 4.23. The zero-order chi connectivity index (χ0) is 33.5. The summed E-state index contributed by atoms with van der Waals surface area (Å²) >= 11 is 0. The minimum Gasteiger partial charge on any atom is -0.308 e. The smallest absolute Gasteiger partial charge is 0.166 e. The van der Waals surface area contributed by atoms with Crippen LogP contribution in [-0.2, 0) is 0 Å². The third-order valence-electron chi connectivity index (χ3n) is 10.4. The van der Waals surface area contributed by atoms with Gasteiger partial charge in [0.2, 0.25) is 0 Å². The number of nitrogens with zero attached hydrogens (tertiary/aromatic N) is 4. The summed E-state index contributed by atoms with van der Waals surface area (Å²) in [5.74, 6) is 1.92. The van der Waals surface area contributed by atoms with Gasteiger partial charge in [0.1, 0.15) is 0 Å². The predicted molar refractivity (Wildman–Crippen MR) is 210 cm³/mol. The van der Waals surface area contributed by atoms with Crippen LogP contribution in [-0.4, -0.2) is 19.5 Å². The molecule has 0 saturated carbocycles. The second-order valence-corrected chi connectivity index (χ2v) is 13.2. The van der Waals surface area contributed by atoms with Crippen molar-refractivity contribution in [3.63, 3.8) is 0 Å². The third-order valence-corrected chi connectivity index (χ3v) is 10.4. The van der Waals surface area contributed by atoms with Gasteiger partial charge in [-0.1, -0.05) is 133 Å². The standard InChI is InChI=1S/C47H28N4/c1-2-12-30(13-3-1)45-48-46(33-24-25-34-36-20-10-16-29-17-11-21-37(44(29)36)39(34)27-33)50-47(49-45)38-19-7-9-23-42(38)51-41-22-8-6-18-35(41)40-26-31-14-4-5-15-32(31)28-43(40)51/h1-28H. The first-order valence-corrected chi connectivity index (χ1v) is 17.3. The van der Waals surface area contributed by atoms with Crippen molar-refractivity contribution in [2.45, 2.75) is 0 Å². The van der Waals surface area contributed by atoms with E-state index in [1.807, 2.05) is 18.2 Å². The fourth-order valence-corrected chi connectivity index (χ4v) is 8.05. The molecule has 0 atom stereocenters. The molecule has 0 saturated heterocycles. The molecule has 11 rings (SSSR count). The number of aromatic nitrogens is 4. The summed E-state index contributed by atoms with van der Waals surface area (Å²) in [5, 5.41) is 7.42. The first kappa shape index (κ1) is 28.0. The van der Waals surface area contributed by atoms with Gasteiger partial charge in [-0.3, -0.25) is 0 Å². The van der Waals surface area contributed by atoms with E-state index in [1.54, 1.807) is 0 Å². The van der Waals surface area contributed by atoms with Crippen LogP contribution in [0.15, 0.2) is 170 Å². The van der Waals surface area contributed by atoms with Crippen LogP contribution in [0.5, 0.6) is 0 Å². The average Bonchev–Trinajstić information content (AvgIpc) is 3.70. The average molecular weight is 649 g/mol. The van der Waals surface area contributed by atoms with Gasteiger partial charge in [0.25, 0.3) is 0 Å². The molecule has 0 unspecified atom stereocenters. The fraction of sp³-hybridized carbons (Fsp3) is 0. The van der Waals surface area contributed by atoms with Crippen molar-refractivity contribution in [2.75, 3.05) is 0 Å². The van der Waals surface area contributed by atoms with Gasteiger partial charge in [0, 0.05) is 27.5 Å². The van der Waals surface area contributed by atoms with Gasteiger partial charge in [0.05, 0.1) is 16.7 Å². The van der Waals surface area contributed by atoms with Crippen LogP contribution in [0.4, 0.5) is 0 Å². The number of para-hydroxylation sites is 2. The van der Waals surface area contributed by atoms with Gasteiger partial charge in [-0.2, -0.15) is 0 Å². The van der Waals surface area contributed by atoms with Crippen molar-refractivity contribution in [3.05, 3.63) is 170 Å². The molecule has 4 nitrogen and oxygen atoms in total. The second-order valence-electron chi connectivity index (χ2n) is 13.2. The van der Waals surface area contributed by atoms with Gasteiger partial charge >= 0.3 is 0 Å². The molecule has 10 aromatic rings. The van der Waals surface area contributed by atoms with E-state index in [9.17, 15) is 0 Å². The Morgan fingerprint density at radius 1 is 0.333 bits per heavy atom. The molecular weight excluding hydrogens is 621 g/mol. The second kappa shape index (κ2) is 10.8. The van der Waals surface area contributed by atoms with E-state index in [0.717, 1.165) is 33.4 Å². The summed E-state index contributed by atoms with van der Waals surface area (Å²) in [6.45, 7) is 0. The maximum absolute atomic E-state index is 5.27. The maximum Gasteiger partial charge on any atom is 0.166 e. The Kier molecular flexibility index (Phi) is 5.92. The van der Waals surface area contributed by atoms with E-state index in [0.29, 0.717) is 17.5 Å². The SMILES string of the molecule is c1ccc(-c2nc(-c3ccc4c(c3)-c3cccc5cccc-4c35)nc(-c3ccccc3-n3c4ccccc4c4cc5ccccc5cc43)n2)cc1. The molecule has 0 bridgehead atoms. The lowest BCUT2D eigenvalue weighted by molar-refractivity contribution is 1.06. The summed E-state index contributed by atoms with van der Waals surface area (Å²) in [7, 11) is 0. The highest BCUT2D eigenvalue weighted by atomic mass is 15.1. The number of hydrogen-bond acceptors (Lipinski definition) is 3. The quantitative estimate of drug-likeness (QED) is 0.191. The highest BCUT2D eigenvalue weighted by Gasteiger charge is 2.23. The van der Waals surface area contributed by atoms with E-state index in [2.05, 4.69) is 156 Å². The van der Waals surface area contributed by atoms with Crippen molar-refractivity contribution < 1.29 is 0 Å². The van der Waals surface area contributed by atoms with E-state index < -0.39 is 0 Å². The monoisotopic (exact) mass is 648 g/mol. The summed E-state index contributed by atoms with van der Waals surface area (Å²) < 4.78 is 2.37. The van der Waals surface area contributed by atoms with E-state index in [4.69, 9.17) is 15.0 Å².